The van der Waals surface area contributed by atoms with Gasteiger partial charge in [0.1, 0.15) is 11.3 Å². The van der Waals surface area contributed by atoms with Crippen LogP contribution in [0.3, 0.4) is 0 Å². The van der Waals surface area contributed by atoms with Crippen molar-refractivity contribution in [1.29, 1.82) is 0 Å². The summed E-state index contributed by atoms with van der Waals surface area (Å²) in [7, 11) is 0. The van der Waals surface area contributed by atoms with Gasteiger partial charge in [-0.05, 0) is 65.0 Å². The molecule has 1 fully saturated rings. The molecule has 2 atom stereocenters. The van der Waals surface area contributed by atoms with Crippen LogP contribution in [0.5, 0.6) is 5.75 Å². The van der Waals surface area contributed by atoms with Gasteiger partial charge < -0.3 is 19.7 Å². The highest BCUT2D eigenvalue weighted by atomic mass is 79.9. The summed E-state index contributed by atoms with van der Waals surface area (Å²) in [5, 5.41) is 12.8. The molecule has 14 heteroatoms. The number of hydrogen-bond acceptors (Lipinski definition) is 5. The Morgan fingerprint density at radius 2 is 1.60 bits per heavy atom. The molecule has 7 nitrogen and oxygen atoms in total. The van der Waals surface area contributed by atoms with Crippen molar-refractivity contribution in [2.24, 2.45) is 0 Å². The molecular formula is C31H23BrF6N2O5. The number of nitrogens with one attached hydrogen (secondary N) is 1. The van der Waals surface area contributed by atoms with Crippen molar-refractivity contribution >= 4 is 38.7 Å². The molecule has 0 radical (unpaired) electrons. The highest BCUT2D eigenvalue weighted by Gasteiger charge is 2.39. The van der Waals surface area contributed by atoms with E-state index < -0.39 is 58.4 Å². The van der Waals surface area contributed by atoms with Gasteiger partial charge in [-0.3, -0.25) is 14.4 Å². The van der Waals surface area contributed by atoms with Gasteiger partial charge in [-0.2, -0.15) is 26.3 Å². The molecule has 2 N–H and O–H groups in total. The Bertz CT molecular complexity index is 1790. The van der Waals surface area contributed by atoms with E-state index in [2.05, 4.69) is 21.2 Å². The molecule has 5 rings (SSSR count). The number of carbonyl (C=O) groups is 2. The lowest BCUT2D eigenvalue weighted by Gasteiger charge is -2.40. The molecule has 4 aromatic rings. The first-order valence-corrected chi connectivity index (χ1v) is 14.3. The molecule has 45 heavy (non-hydrogen) atoms. The maximum atomic E-state index is 13.6. The molecule has 1 aromatic heterocycles. The zero-order valence-electron chi connectivity index (χ0n) is 23.0. The molecule has 0 bridgehead atoms. The molecule has 1 aliphatic heterocycles. The summed E-state index contributed by atoms with van der Waals surface area (Å²) in [6, 6.07) is 11.7. The number of nitrogens with zero attached hydrogens (tertiary/aromatic N) is 1. The Balaban J connectivity index is 1.42. The first kappa shape index (κ1) is 32.1. The monoisotopic (exact) mass is 696 g/mol. The van der Waals surface area contributed by atoms with Crippen LogP contribution in [0.4, 0.5) is 26.3 Å². The highest BCUT2D eigenvalue weighted by Crippen LogP contribution is 2.37. The molecule has 0 aliphatic carbocycles. The molecule has 2 amide bonds. The van der Waals surface area contributed by atoms with Gasteiger partial charge in [0.25, 0.3) is 11.8 Å². The van der Waals surface area contributed by atoms with E-state index in [4.69, 9.17) is 4.42 Å². The summed E-state index contributed by atoms with van der Waals surface area (Å²) >= 11 is 3.11. The summed E-state index contributed by atoms with van der Waals surface area (Å²) < 4.78 is 86.8. The number of rotatable bonds is 5. The van der Waals surface area contributed by atoms with Crippen molar-refractivity contribution in [1.82, 2.24) is 10.2 Å². The average Bonchev–Trinajstić information content (AvgIpc) is 2.97. The molecule has 1 aliphatic rings. The first-order chi connectivity index (χ1) is 21.1. The second kappa shape index (κ2) is 12.2. The number of benzene rings is 3. The standard InChI is InChI=1S/C31H23BrF6N2O5/c32-23-13-22-24(41)14-27(45-26(22)15-25(23)42)28(43)39-20-6-7-40(21(12-20)8-16-4-2-1-3-5-16)29(44)17-9-18(30(33,34)35)11-19(10-17)31(36,37)38/h1-5,9-11,13-15,20-21,42H,6-8,12H2,(H,39,43). The van der Waals surface area contributed by atoms with Gasteiger partial charge >= 0.3 is 12.4 Å². The third-order valence-corrected chi connectivity index (χ3v) is 8.12. The second-order valence-electron chi connectivity index (χ2n) is 10.6. The molecule has 2 unspecified atom stereocenters. The van der Waals surface area contributed by atoms with Gasteiger partial charge in [-0.25, -0.2) is 0 Å². The average molecular weight is 697 g/mol. The van der Waals surface area contributed by atoms with Crippen molar-refractivity contribution in [2.45, 2.75) is 43.7 Å². The van der Waals surface area contributed by atoms with Crippen LogP contribution in [0.2, 0.25) is 0 Å². The van der Waals surface area contributed by atoms with E-state index in [1.807, 2.05) is 0 Å². The molecule has 2 heterocycles. The number of alkyl halides is 6. The molecular weight excluding hydrogens is 674 g/mol. The van der Waals surface area contributed by atoms with E-state index >= 15 is 0 Å². The third-order valence-electron chi connectivity index (χ3n) is 7.48. The zero-order valence-corrected chi connectivity index (χ0v) is 24.6. The first-order valence-electron chi connectivity index (χ1n) is 13.5. The van der Waals surface area contributed by atoms with E-state index in [1.165, 1.54) is 17.0 Å². The van der Waals surface area contributed by atoms with Crippen LogP contribution in [-0.2, 0) is 18.8 Å². The Morgan fingerprint density at radius 1 is 0.956 bits per heavy atom. The van der Waals surface area contributed by atoms with Crippen LogP contribution in [0, 0.1) is 0 Å². The van der Waals surface area contributed by atoms with Gasteiger partial charge in [-0.1, -0.05) is 30.3 Å². The summed E-state index contributed by atoms with van der Waals surface area (Å²) in [5.41, 5.74) is -3.77. The maximum Gasteiger partial charge on any atom is 0.416 e. The highest BCUT2D eigenvalue weighted by molar-refractivity contribution is 9.10. The van der Waals surface area contributed by atoms with E-state index in [0.29, 0.717) is 12.1 Å². The van der Waals surface area contributed by atoms with Gasteiger partial charge in [0.2, 0.25) is 0 Å². The zero-order chi connectivity index (χ0) is 32.7. The second-order valence-corrected chi connectivity index (χ2v) is 11.5. The number of halogens is 7. The fraction of sp³-hybridized carbons (Fsp3) is 0.258. The van der Waals surface area contributed by atoms with E-state index in [-0.39, 0.29) is 58.8 Å². The number of aromatic hydroxyl groups is 1. The van der Waals surface area contributed by atoms with E-state index in [0.717, 1.165) is 11.6 Å². The van der Waals surface area contributed by atoms with Crippen LogP contribution in [0.25, 0.3) is 11.0 Å². The molecule has 0 saturated carbocycles. The van der Waals surface area contributed by atoms with Crippen LogP contribution >= 0.6 is 15.9 Å². The van der Waals surface area contributed by atoms with Gasteiger partial charge in [0, 0.05) is 36.3 Å². The lowest BCUT2D eigenvalue weighted by atomic mass is 9.91. The van der Waals surface area contributed by atoms with Gasteiger partial charge in [0.05, 0.1) is 21.0 Å². The minimum Gasteiger partial charge on any atom is -0.507 e. The fourth-order valence-electron chi connectivity index (χ4n) is 5.31. The molecule has 236 valence electrons. The summed E-state index contributed by atoms with van der Waals surface area (Å²) in [5.74, 6) is -2.32. The quantitative estimate of drug-likeness (QED) is 0.220. The smallest absolute Gasteiger partial charge is 0.416 e. The van der Waals surface area contributed by atoms with E-state index in [1.54, 1.807) is 30.3 Å². The summed E-state index contributed by atoms with van der Waals surface area (Å²) in [6.07, 6.45) is -9.83. The fourth-order valence-corrected chi connectivity index (χ4v) is 5.65. The molecule has 3 aromatic carbocycles. The summed E-state index contributed by atoms with van der Waals surface area (Å²) in [6.45, 7) is -0.0948. The number of carbonyl (C=O) groups excluding carboxylic acids is 2. The lowest BCUT2D eigenvalue weighted by Crippen LogP contribution is -2.52. The number of likely N-dealkylation sites (tertiary alicyclic amines) is 1. The number of amides is 2. The Kier molecular flexibility index (Phi) is 8.71. The number of phenolic OH excluding ortho intramolecular Hbond substituents is 1. The molecule has 0 spiro atoms. The lowest BCUT2D eigenvalue weighted by molar-refractivity contribution is -0.143. The maximum absolute atomic E-state index is 13.6. The van der Waals surface area contributed by atoms with E-state index in [9.17, 15) is 45.8 Å². The predicted molar refractivity (Wildman–Crippen MR) is 154 cm³/mol. The van der Waals surface area contributed by atoms with Crippen molar-refractivity contribution in [2.75, 3.05) is 6.54 Å². The minimum atomic E-state index is -5.12. The largest absolute Gasteiger partial charge is 0.507 e. The normalized spacial score (nSPS) is 17.4. The van der Waals surface area contributed by atoms with Crippen LogP contribution < -0.4 is 10.7 Å². The number of phenols is 1. The Labute approximate surface area is 259 Å². The summed E-state index contributed by atoms with van der Waals surface area (Å²) in [4.78, 5) is 40.5. The van der Waals surface area contributed by atoms with Gasteiger partial charge in [-0.15, -0.1) is 0 Å². The number of hydrogen-bond donors (Lipinski definition) is 2. The van der Waals surface area contributed by atoms with Gasteiger partial charge in [0.15, 0.2) is 11.2 Å². The van der Waals surface area contributed by atoms with Crippen molar-refractivity contribution in [3.8, 4) is 5.75 Å². The van der Waals surface area contributed by atoms with Crippen molar-refractivity contribution < 1.29 is 45.5 Å². The van der Waals surface area contributed by atoms with Crippen LogP contribution in [-0.4, -0.2) is 40.4 Å². The predicted octanol–water partition coefficient (Wildman–Crippen LogP) is 6.94. The van der Waals surface area contributed by atoms with Crippen molar-refractivity contribution in [3.63, 3.8) is 0 Å². The van der Waals surface area contributed by atoms with Crippen molar-refractivity contribution in [3.05, 3.63) is 109 Å². The topological polar surface area (TPSA) is 99.9 Å². The number of piperidine rings is 1. The SMILES string of the molecule is O=C(NC1CCN(C(=O)c2cc(C(F)(F)F)cc(C(F)(F)F)c2)C(Cc2ccccc2)C1)c1cc(=O)c2cc(Br)c(O)cc2o1. The third kappa shape index (κ3) is 7.16. The minimum absolute atomic E-state index is 0.0324. The molecule has 1 saturated heterocycles. The Hall–Kier alpha value is -4.33. The number of fused-ring (bicyclic) bond motifs is 1. The Morgan fingerprint density at radius 3 is 2.22 bits per heavy atom. The van der Waals surface area contributed by atoms with Crippen LogP contribution in [0.1, 0.15) is 50.4 Å². The van der Waals surface area contributed by atoms with Crippen LogP contribution in [0.15, 0.2) is 80.4 Å².